The van der Waals surface area contributed by atoms with E-state index in [9.17, 15) is 33.0 Å². The van der Waals surface area contributed by atoms with Crippen LogP contribution in [-0.2, 0) is 22.6 Å². The number of carbonyl (C=O) groups excluding carboxylic acids is 2. The average molecular weight is 721 g/mol. The Labute approximate surface area is 300 Å². The van der Waals surface area contributed by atoms with E-state index in [1.807, 2.05) is 83.0 Å². The zero-order valence-electron chi connectivity index (χ0n) is 28.5. The van der Waals surface area contributed by atoms with Crippen LogP contribution in [-0.4, -0.2) is 95.6 Å². The van der Waals surface area contributed by atoms with Crippen molar-refractivity contribution in [2.24, 2.45) is 5.92 Å². The number of alkyl halides is 3. The van der Waals surface area contributed by atoms with Crippen LogP contribution in [0.1, 0.15) is 29.3 Å². The molecule has 3 aromatic carbocycles. The van der Waals surface area contributed by atoms with E-state index in [0.717, 1.165) is 11.1 Å². The molecule has 10 nitrogen and oxygen atoms in total. The molecule has 52 heavy (non-hydrogen) atoms. The molecule has 6 rings (SSSR count). The lowest BCUT2D eigenvalue weighted by Crippen LogP contribution is -2.60. The van der Waals surface area contributed by atoms with Crippen LogP contribution in [0.5, 0.6) is 5.75 Å². The van der Waals surface area contributed by atoms with Crippen LogP contribution >= 0.6 is 0 Å². The smallest absolute Gasteiger partial charge is 0.405 e. The third kappa shape index (κ3) is 9.79. The van der Waals surface area contributed by atoms with Crippen LogP contribution in [0, 0.1) is 5.92 Å². The molecule has 1 fully saturated rings. The highest BCUT2D eigenvalue weighted by molar-refractivity contribution is 5.82. The second-order valence-corrected chi connectivity index (χ2v) is 13.4. The fourth-order valence-corrected chi connectivity index (χ4v) is 6.88. The van der Waals surface area contributed by atoms with Gasteiger partial charge in [-0.05, 0) is 36.6 Å². The predicted molar refractivity (Wildman–Crippen MR) is 187 cm³/mol. The first-order chi connectivity index (χ1) is 25.0. The Bertz CT molecular complexity index is 1770. The number of benzene rings is 3. The van der Waals surface area contributed by atoms with E-state index in [0.29, 0.717) is 42.3 Å². The number of amides is 2. The molecule has 2 amide bonds. The number of para-hydroxylation sites is 1. The number of hydrogen-bond acceptors (Lipinski definition) is 8. The molecule has 4 aromatic rings. The maximum absolute atomic E-state index is 13.9. The third-order valence-corrected chi connectivity index (χ3v) is 9.48. The van der Waals surface area contributed by atoms with Crippen molar-refractivity contribution >= 4 is 11.8 Å². The van der Waals surface area contributed by atoms with Crippen molar-refractivity contribution in [2.45, 2.75) is 49.9 Å². The number of halogens is 3. The number of aliphatic hydroxyl groups excluding tert-OH is 2. The zero-order chi connectivity index (χ0) is 36.7. The normalized spacial score (nSPS) is 20.7. The highest BCUT2D eigenvalue weighted by Crippen LogP contribution is 2.33. The maximum atomic E-state index is 13.9. The van der Waals surface area contributed by atoms with Gasteiger partial charge in [-0.3, -0.25) is 19.4 Å². The third-order valence-electron chi connectivity index (χ3n) is 9.48. The summed E-state index contributed by atoms with van der Waals surface area (Å²) in [4.78, 5) is 30.8. The molecule has 0 radical (unpaired) electrons. The summed E-state index contributed by atoms with van der Waals surface area (Å²) in [6, 6.07) is 28.0. The molecule has 13 heteroatoms. The van der Waals surface area contributed by atoms with E-state index in [2.05, 4.69) is 5.32 Å². The van der Waals surface area contributed by atoms with Gasteiger partial charge in [0.1, 0.15) is 42.6 Å². The van der Waals surface area contributed by atoms with Gasteiger partial charge in [0.25, 0.3) is 0 Å². The van der Waals surface area contributed by atoms with Gasteiger partial charge < -0.3 is 30.0 Å². The number of piperazine rings is 1. The zero-order valence-corrected chi connectivity index (χ0v) is 28.5. The number of hydrogen-bond donors (Lipinski definition) is 4. The van der Waals surface area contributed by atoms with Crippen molar-refractivity contribution in [3.63, 3.8) is 0 Å². The Morgan fingerprint density at radius 1 is 0.923 bits per heavy atom. The molecule has 1 aromatic heterocycles. The molecule has 276 valence electrons. The summed E-state index contributed by atoms with van der Waals surface area (Å²) in [6.07, 6.45) is -6.38. The monoisotopic (exact) mass is 720 g/mol. The lowest BCUT2D eigenvalue weighted by Gasteiger charge is -2.41. The number of furan rings is 1. The summed E-state index contributed by atoms with van der Waals surface area (Å²) in [5.74, 6) is -0.00693. The molecule has 5 atom stereocenters. The minimum atomic E-state index is -4.59. The van der Waals surface area contributed by atoms with Crippen LogP contribution in [0.15, 0.2) is 101 Å². The first-order valence-corrected chi connectivity index (χ1v) is 17.4. The minimum Gasteiger partial charge on any atom is -0.490 e. The molecule has 0 saturated carbocycles. The van der Waals surface area contributed by atoms with Crippen LogP contribution in [0.4, 0.5) is 13.2 Å². The Morgan fingerprint density at radius 3 is 2.38 bits per heavy atom. The molecule has 2 aliphatic rings. The number of aliphatic hydroxyl groups is 2. The summed E-state index contributed by atoms with van der Waals surface area (Å²) in [5.41, 5.74) is 2.42. The maximum Gasteiger partial charge on any atom is 0.405 e. The quantitative estimate of drug-likeness (QED) is 0.161. The van der Waals surface area contributed by atoms with E-state index >= 15 is 0 Å². The molecule has 2 aliphatic heterocycles. The summed E-state index contributed by atoms with van der Waals surface area (Å²) < 4.78 is 51.0. The molecular weight excluding hydrogens is 677 g/mol. The topological polar surface area (TPSA) is 128 Å². The standard InChI is InChI=1S/C39H43F3N4O6/c40-39(41,42)25-43-38(50)32-23-45(22-30-15-16-34(52-30)27-11-5-2-6-12-27)17-18-46(32)21-29(47)20-28(19-26-9-3-1-4-10-26)37(49)44-36-31-13-7-8-14-35(31)51-24-33(36)48/h1-16,28-29,32-33,36,47-48H,17-25H2,(H,43,50)(H,44,49)/t28-,29-,32+,33-,36+/m1/s1. The molecule has 0 spiro atoms. The van der Waals surface area contributed by atoms with Crippen molar-refractivity contribution in [1.82, 2.24) is 20.4 Å². The van der Waals surface area contributed by atoms with Gasteiger partial charge in [0.2, 0.25) is 11.8 Å². The van der Waals surface area contributed by atoms with E-state index < -0.39 is 48.8 Å². The number of nitrogens with one attached hydrogen (secondary N) is 2. The van der Waals surface area contributed by atoms with Crippen molar-refractivity contribution in [3.05, 3.63) is 114 Å². The molecule has 0 bridgehead atoms. The van der Waals surface area contributed by atoms with Gasteiger partial charge in [0.05, 0.1) is 18.7 Å². The summed E-state index contributed by atoms with van der Waals surface area (Å²) in [6.45, 7) is -0.318. The lowest BCUT2D eigenvalue weighted by atomic mass is 9.90. The van der Waals surface area contributed by atoms with Gasteiger partial charge >= 0.3 is 6.18 Å². The lowest BCUT2D eigenvalue weighted by molar-refractivity contribution is -0.143. The van der Waals surface area contributed by atoms with Crippen LogP contribution in [0.3, 0.4) is 0 Å². The SMILES string of the molecule is O=C(N[C@H]1c2ccccc2OC[C@H]1O)[C@H](Cc1ccccc1)C[C@@H](O)CN1CCN(Cc2ccc(-c3ccccc3)o2)C[C@H]1C(=O)NCC(F)(F)F. The Kier molecular flexibility index (Phi) is 12.0. The molecule has 0 aliphatic carbocycles. The molecule has 3 heterocycles. The van der Waals surface area contributed by atoms with Crippen molar-refractivity contribution in [2.75, 3.05) is 39.3 Å². The predicted octanol–water partition coefficient (Wildman–Crippen LogP) is 4.33. The Hall–Kier alpha value is -4.69. The first-order valence-electron chi connectivity index (χ1n) is 17.4. The largest absolute Gasteiger partial charge is 0.490 e. The average Bonchev–Trinajstić information content (AvgIpc) is 3.61. The second-order valence-electron chi connectivity index (χ2n) is 13.4. The first kappa shape index (κ1) is 37.1. The van der Waals surface area contributed by atoms with Crippen LogP contribution in [0.2, 0.25) is 0 Å². The highest BCUT2D eigenvalue weighted by atomic mass is 19.4. The van der Waals surface area contributed by atoms with E-state index in [1.165, 1.54) is 0 Å². The Balaban J connectivity index is 1.15. The highest BCUT2D eigenvalue weighted by Gasteiger charge is 2.38. The summed E-state index contributed by atoms with van der Waals surface area (Å²) >= 11 is 0. The second kappa shape index (κ2) is 16.8. The number of carbonyl (C=O) groups is 2. The van der Waals surface area contributed by atoms with Crippen molar-refractivity contribution < 1.29 is 42.1 Å². The molecule has 0 unspecified atom stereocenters. The van der Waals surface area contributed by atoms with Gasteiger partial charge in [-0.15, -0.1) is 0 Å². The van der Waals surface area contributed by atoms with Crippen LogP contribution < -0.4 is 15.4 Å². The van der Waals surface area contributed by atoms with Gasteiger partial charge in [-0.25, -0.2) is 0 Å². The minimum absolute atomic E-state index is 0.00577. The summed E-state index contributed by atoms with van der Waals surface area (Å²) in [7, 11) is 0. The van der Waals surface area contributed by atoms with E-state index in [1.54, 1.807) is 29.2 Å². The van der Waals surface area contributed by atoms with Crippen molar-refractivity contribution in [1.29, 1.82) is 0 Å². The van der Waals surface area contributed by atoms with Gasteiger partial charge in [-0.2, -0.15) is 13.2 Å². The van der Waals surface area contributed by atoms with Gasteiger partial charge in [-0.1, -0.05) is 78.9 Å². The van der Waals surface area contributed by atoms with E-state index in [4.69, 9.17) is 9.15 Å². The number of β-amino-alcohol motifs (C(OH)–C–C–N with tert-alkyl or cyclic N) is 1. The van der Waals surface area contributed by atoms with E-state index in [-0.39, 0.29) is 38.6 Å². The van der Waals surface area contributed by atoms with Crippen LogP contribution in [0.25, 0.3) is 11.3 Å². The molecular formula is C39H43F3N4O6. The van der Waals surface area contributed by atoms with Gasteiger partial charge in [0.15, 0.2) is 0 Å². The fourth-order valence-electron chi connectivity index (χ4n) is 6.88. The molecule has 4 N–H and O–H groups in total. The van der Waals surface area contributed by atoms with Gasteiger partial charge in [0, 0.05) is 43.2 Å². The summed E-state index contributed by atoms with van der Waals surface area (Å²) in [5, 5.41) is 27.2. The van der Waals surface area contributed by atoms with Crippen molar-refractivity contribution in [3.8, 4) is 17.1 Å². The number of fused-ring (bicyclic) bond motifs is 1. The number of nitrogens with zero attached hydrogens (tertiary/aromatic N) is 2. The number of ether oxygens (including phenoxy) is 1. The molecule has 1 saturated heterocycles. The fraction of sp³-hybridized carbons (Fsp3) is 0.385. The Morgan fingerprint density at radius 2 is 1.63 bits per heavy atom. The number of rotatable bonds is 13.